The number of oxime groups is 1. The van der Waals surface area contributed by atoms with E-state index in [1.807, 2.05) is 0 Å². The lowest BCUT2D eigenvalue weighted by Crippen LogP contribution is -2.52. The van der Waals surface area contributed by atoms with Crippen molar-refractivity contribution in [2.75, 3.05) is 7.05 Å². The minimum absolute atomic E-state index is 0.239. The summed E-state index contributed by atoms with van der Waals surface area (Å²) in [5.41, 5.74) is 1.77. The summed E-state index contributed by atoms with van der Waals surface area (Å²) in [4.78, 5) is 0. The second-order valence-electron chi connectivity index (χ2n) is 8.14. The van der Waals surface area contributed by atoms with Gasteiger partial charge in [0.25, 0.3) is 0 Å². The van der Waals surface area contributed by atoms with Crippen LogP contribution in [0.15, 0.2) is 5.16 Å². The van der Waals surface area contributed by atoms with E-state index in [1.54, 1.807) is 0 Å². The summed E-state index contributed by atoms with van der Waals surface area (Å²) in [7, 11) is 2.08. The van der Waals surface area contributed by atoms with Gasteiger partial charge in [-0.3, -0.25) is 0 Å². The van der Waals surface area contributed by atoms with Crippen molar-refractivity contribution in [3.63, 3.8) is 0 Å². The Balaban J connectivity index is 1.66. The van der Waals surface area contributed by atoms with Crippen LogP contribution in [0.4, 0.5) is 0 Å². The summed E-state index contributed by atoms with van der Waals surface area (Å²) in [5.74, 6) is 1.85. The standard InChI is InChI=1S/C17H28N2O/c1-18-14(16-6-2-12(10-16)3-7-16)15(19-20)17-8-4-13(11-17)5-9-17/h12-14,18,20H,2-11H2,1H3. The maximum absolute atomic E-state index is 9.83. The van der Waals surface area contributed by atoms with Crippen LogP contribution in [0.3, 0.4) is 0 Å². The van der Waals surface area contributed by atoms with Gasteiger partial charge in [-0.2, -0.15) is 0 Å². The second kappa shape index (κ2) is 4.46. The molecule has 20 heavy (non-hydrogen) atoms. The molecule has 0 aromatic rings. The van der Waals surface area contributed by atoms with Crippen molar-refractivity contribution < 1.29 is 5.21 Å². The predicted molar refractivity (Wildman–Crippen MR) is 80.1 cm³/mol. The van der Waals surface area contributed by atoms with Crippen LogP contribution in [0.25, 0.3) is 0 Å². The molecule has 0 aliphatic heterocycles. The van der Waals surface area contributed by atoms with Crippen molar-refractivity contribution in [1.29, 1.82) is 0 Å². The fraction of sp³-hybridized carbons (Fsp3) is 0.941. The van der Waals surface area contributed by atoms with E-state index in [9.17, 15) is 5.21 Å². The van der Waals surface area contributed by atoms with Crippen molar-refractivity contribution in [1.82, 2.24) is 5.32 Å². The van der Waals surface area contributed by atoms with E-state index in [2.05, 4.69) is 17.5 Å². The lowest BCUT2D eigenvalue weighted by molar-refractivity contribution is 0.222. The highest BCUT2D eigenvalue weighted by atomic mass is 16.4. The molecule has 0 heterocycles. The van der Waals surface area contributed by atoms with Gasteiger partial charge in [0, 0.05) is 5.41 Å². The molecular formula is C17H28N2O. The molecule has 4 rings (SSSR count). The summed E-state index contributed by atoms with van der Waals surface area (Å²) in [5, 5.41) is 17.3. The van der Waals surface area contributed by atoms with Crippen LogP contribution < -0.4 is 5.32 Å². The van der Waals surface area contributed by atoms with E-state index in [1.165, 1.54) is 64.2 Å². The van der Waals surface area contributed by atoms with Crippen LogP contribution in [0.5, 0.6) is 0 Å². The van der Waals surface area contributed by atoms with Crippen molar-refractivity contribution >= 4 is 5.71 Å². The van der Waals surface area contributed by atoms with Crippen molar-refractivity contribution in [3.05, 3.63) is 0 Å². The van der Waals surface area contributed by atoms with E-state index in [-0.39, 0.29) is 5.41 Å². The zero-order valence-corrected chi connectivity index (χ0v) is 12.7. The Hall–Kier alpha value is -0.570. The van der Waals surface area contributed by atoms with Gasteiger partial charge in [-0.15, -0.1) is 0 Å². The Morgan fingerprint density at radius 2 is 1.65 bits per heavy atom. The van der Waals surface area contributed by atoms with E-state index in [4.69, 9.17) is 0 Å². The molecule has 0 spiro atoms. The van der Waals surface area contributed by atoms with Gasteiger partial charge in [0.1, 0.15) is 0 Å². The third kappa shape index (κ3) is 1.65. The molecule has 3 nitrogen and oxygen atoms in total. The third-order valence-electron chi connectivity index (χ3n) is 7.36. The normalized spacial score (nSPS) is 48.1. The lowest BCUT2D eigenvalue weighted by Gasteiger charge is -2.41. The topological polar surface area (TPSA) is 44.6 Å². The van der Waals surface area contributed by atoms with Crippen LogP contribution in [0.1, 0.15) is 64.2 Å². The SMILES string of the molecule is CNC(C(=NO)C12CCC(CC1)C2)C12CCC(CC1)C2. The molecule has 4 aliphatic carbocycles. The molecule has 0 aromatic carbocycles. The maximum atomic E-state index is 9.83. The fourth-order valence-corrected chi connectivity index (χ4v) is 6.40. The quantitative estimate of drug-likeness (QED) is 0.468. The monoisotopic (exact) mass is 276 g/mol. The molecule has 0 saturated heterocycles. The first kappa shape index (κ1) is 13.1. The van der Waals surface area contributed by atoms with E-state index in [0.717, 1.165) is 17.5 Å². The van der Waals surface area contributed by atoms with Crippen molar-refractivity contribution in [2.24, 2.45) is 27.8 Å². The van der Waals surface area contributed by atoms with E-state index >= 15 is 0 Å². The number of hydrogen-bond acceptors (Lipinski definition) is 3. The number of nitrogens with one attached hydrogen (secondary N) is 1. The third-order valence-corrected chi connectivity index (χ3v) is 7.36. The average Bonchev–Trinajstić information content (AvgIpc) is 3.23. The van der Waals surface area contributed by atoms with Gasteiger partial charge < -0.3 is 10.5 Å². The maximum Gasteiger partial charge on any atom is 0.0806 e. The Bertz CT molecular complexity index is 415. The Morgan fingerprint density at radius 1 is 1.05 bits per heavy atom. The largest absolute Gasteiger partial charge is 0.411 e. The number of fused-ring (bicyclic) bond motifs is 4. The van der Waals surface area contributed by atoms with Crippen LogP contribution in [-0.4, -0.2) is 24.0 Å². The Kier molecular flexibility index (Phi) is 2.93. The predicted octanol–water partition coefficient (Wildman–Crippen LogP) is 3.57. The molecule has 0 aromatic heterocycles. The van der Waals surface area contributed by atoms with Gasteiger partial charge in [-0.05, 0) is 88.5 Å². The Morgan fingerprint density at radius 3 is 2.05 bits per heavy atom. The van der Waals surface area contributed by atoms with Gasteiger partial charge >= 0.3 is 0 Å². The fourth-order valence-electron chi connectivity index (χ4n) is 6.40. The first-order valence-corrected chi connectivity index (χ1v) is 8.61. The molecule has 4 fully saturated rings. The smallest absolute Gasteiger partial charge is 0.0806 e. The highest BCUT2D eigenvalue weighted by Crippen LogP contribution is 2.60. The molecule has 3 heteroatoms. The first-order valence-electron chi connectivity index (χ1n) is 8.61. The first-order chi connectivity index (χ1) is 9.71. The second-order valence-corrected chi connectivity index (χ2v) is 8.14. The van der Waals surface area contributed by atoms with Gasteiger partial charge in [0.05, 0.1) is 11.8 Å². The summed E-state index contributed by atoms with van der Waals surface area (Å²) < 4.78 is 0. The molecule has 1 unspecified atom stereocenters. The molecule has 4 aliphatic rings. The minimum atomic E-state index is 0.239. The summed E-state index contributed by atoms with van der Waals surface area (Å²) in [6.07, 6.45) is 13.3. The van der Waals surface area contributed by atoms with Crippen LogP contribution in [-0.2, 0) is 0 Å². The van der Waals surface area contributed by atoms with Crippen molar-refractivity contribution in [3.8, 4) is 0 Å². The van der Waals surface area contributed by atoms with E-state index in [0.29, 0.717) is 11.5 Å². The summed E-state index contributed by atoms with van der Waals surface area (Å²) in [6.45, 7) is 0. The number of rotatable bonds is 4. The van der Waals surface area contributed by atoms with Crippen LogP contribution in [0, 0.1) is 22.7 Å². The zero-order valence-electron chi connectivity index (χ0n) is 12.7. The Labute approximate surface area is 122 Å². The molecule has 2 N–H and O–H groups in total. The van der Waals surface area contributed by atoms with Gasteiger partial charge in [0.2, 0.25) is 0 Å². The van der Waals surface area contributed by atoms with E-state index < -0.39 is 0 Å². The summed E-state index contributed by atoms with van der Waals surface area (Å²) >= 11 is 0. The van der Waals surface area contributed by atoms with Gasteiger partial charge in [-0.25, -0.2) is 0 Å². The average molecular weight is 276 g/mol. The highest BCUT2D eigenvalue weighted by molar-refractivity contribution is 5.95. The minimum Gasteiger partial charge on any atom is -0.411 e. The van der Waals surface area contributed by atoms with Crippen molar-refractivity contribution in [2.45, 2.75) is 70.3 Å². The molecule has 4 bridgehead atoms. The zero-order chi connectivity index (χ0) is 13.8. The van der Waals surface area contributed by atoms with Crippen LogP contribution >= 0.6 is 0 Å². The summed E-state index contributed by atoms with van der Waals surface area (Å²) in [6, 6.07) is 0.317. The molecule has 0 radical (unpaired) electrons. The highest BCUT2D eigenvalue weighted by Gasteiger charge is 2.57. The van der Waals surface area contributed by atoms with Crippen LogP contribution in [0.2, 0.25) is 0 Å². The molecule has 0 amide bonds. The molecule has 112 valence electrons. The lowest BCUT2D eigenvalue weighted by atomic mass is 9.67. The molecular weight excluding hydrogens is 248 g/mol. The number of nitrogens with zero attached hydrogens (tertiary/aromatic N) is 1. The molecule has 4 saturated carbocycles. The molecule has 1 atom stereocenters. The van der Waals surface area contributed by atoms with Gasteiger partial charge in [0.15, 0.2) is 0 Å². The number of hydrogen-bond donors (Lipinski definition) is 2. The van der Waals surface area contributed by atoms with Gasteiger partial charge in [-0.1, -0.05) is 5.16 Å².